The Hall–Kier alpha value is -5.58. The molecule has 4 aliphatic rings. The number of nitrogens with zero attached hydrogens (tertiary/aromatic N) is 7. The highest BCUT2D eigenvalue weighted by Gasteiger charge is 2.32. The second kappa shape index (κ2) is 12.7. The smallest absolute Gasteiger partial charge is 0.199 e. The number of benzene rings is 2. The number of aromatic nitrogens is 3. The fourth-order valence-electron chi connectivity index (χ4n) is 7.72. The Morgan fingerprint density at radius 3 is 2.46 bits per heavy atom. The van der Waals surface area contributed by atoms with E-state index in [2.05, 4.69) is 31.2 Å². The number of para-hydroxylation sites is 2. The zero-order valence-electron chi connectivity index (χ0n) is 27.6. The maximum atomic E-state index is 13.4. The number of hydrogen-bond acceptors (Lipinski definition) is 9. The monoisotopic (exact) mass is 660 g/mol. The molecule has 50 heavy (non-hydrogen) atoms. The highest BCUT2D eigenvalue weighted by Crippen LogP contribution is 2.43. The summed E-state index contributed by atoms with van der Waals surface area (Å²) in [6, 6.07) is 17.5. The highest BCUT2D eigenvalue weighted by molar-refractivity contribution is 6.27. The van der Waals surface area contributed by atoms with E-state index in [0.29, 0.717) is 34.7 Å². The molecule has 1 fully saturated rings. The molecule has 0 unspecified atom stereocenters. The molecule has 0 bridgehead atoms. The van der Waals surface area contributed by atoms with E-state index in [9.17, 15) is 9.90 Å². The molecule has 9 rings (SSSR count). The van der Waals surface area contributed by atoms with Crippen LogP contribution < -0.4 is 15.9 Å². The van der Waals surface area contributed by atoms with Gasteiger partial charge in [-0.2, -0.15) is 0 Å². The number of amidine groups is 1. The molecule has 2 aromatic carbocycles. The second-order valence-corrected chi connectivity index (χ2v) is 13.2. The molecular weight excluding hydrogens is 624 g/mol. The number of carbonyl (C=O) groups is 1. The summed E-state index contributed by atoms with van der Waals surface area (Å²) < 4.78 is 0. The minimum atomic E-state index is -0.00837. The number of pyridine rings is 3. The summed E-state index contributed by atoms with van der Waals surface area (Å²) in [5, 5.41) is 16.6. The molecule has 1 saturated heterocycles. The summed E-state index contributed by atoms with van der Waals surface area (Å²) in [7, 11) is 0. The number of piperazine rings is 1. The maximum Gasteiger partial charge on any atom is 0.199 e. The van der Waals surface area contributed by atoms with Gasteiger partial charge in [-0.1, -0.05) is 30.3 Å². The molecule has 10 heteroatoms. The lowest BCUT2D eigenvalue weighted by Gasteiger charge is -2.34. The summed E-state index contributed by atoms with van der Waals surface area (Å²) in [4.78, 5) is 41.6. The van der Waals surface area contributed by atoms with Crippen LogP contribution in [0, 0.1) is 0 Å². The fourth-order valence-corrected chi connectivity index (χ4v) is 7.72. The van der Waals surface area contributed by atoms with Crippen LogP contribution in [0.1, 0.15) is 39.9 Å². The van der Waals surface area contributed by atoms with E-state index in [-0.39, 0.29) is 11.5 Å². The average molecular weight is 661 g/mol. The fraction of sp³-hybridized carbons (Fsp3) is 0.250. The van der Waals surface area contributed by atoms with Crippen LogP contribution in [-0.2, 0) is 0 Å². The quantitative estimate of drug-likeness (QED) is 0.223. The normalized spacial score (nSPS) is 17.2. The van der Waals surface area contributed by atoms with Crippen molar-refractivity contribution in [1.29, 1.82) is 0 Å². The molecule has 0 spiro atoms. The zero-order chi connectivity index (χ0) is 33.6. The van der Waals surface area contributed by atoms with Gasteiger partial charge in [0.25, 0.3) is 0 Å². The predicted octanol–water partition coefficient (Wildman–Crippen LogP) is 4.08. The molecule has 2 N–H and O–H groups in total. The highest BCUT2D eigenvalue weighted by atomic mass is 16.3. The maximum absolute atomic E-state index is 13.4. The van der Waals surface area contributed by atoms with E-state index in [4.69, 9.17) is 15.0 Å². The van der Waals surface area contributed by atoms with Gasteiger partial charge in [0, 0.05) is 102 Å². The molecule has 0 amide bonds. The van der Waals surface area contributed by atoms with Crippen LogP contribution in [0.5, 0.6) is 5.75 Å². The standard InChI is InChI=1S/C40H36N8O2/c49-33-9-3-7-29-34-26-10-14-41-23-25(26)22-30(34)39(46-37(29)33)43-12-4-16-47-18-20-48(21-19-47)17-5-13-44-40-36-35(28-6-1-2-8-32(28)45-40)27-11-15-42-24-31(27)38(36)50/h1-3,6-11,14-15,22-24,49H,4-5,12-13,16-21H2,(H,44,45). The lowest BCUT2D eigenvalue weighted by Crippen LogP contribution is -2.47. The van der Waals surface area contributed by atoms with Gasteiger partial charge >= 0.3 is 0 Å². The molecule has 0 radical (unpaired) electrons. The number of phenols is 1. The summed E-state index contributed by atoms with van der Waals surface area (Å²) in [6.07, 6.45) is 11.1. The van der Waals surface area contributed by atoms with Crippen LogP contribution in [0.25, 0.3) is 33.7 Å². The van der Waals surface area contributed by atoms with Crippen molar-refractivity contribution in [2.45, 2.75) is 12.8 Å². The Bertz CT molecular complexity index is 2380. The number of ketones is 1. The van der Waals surface area contributed by atoms with Gasteiger partial charge in [0.15, 0.2) is 11.6 Å². The summed E-state index contributed by atoms with van der Waals surface area (Å²) >= 11 is 0. The van der Waals surface area contributed by atoms with E-state index in [1.807, 2.05) is 54.7 Å². The third-order valence-electron chi connectivity index (χ3n) is 10.2. The molecule has 5 heterocycles. The van der Waals surface area contributed by atoms with Crippen molar-refractivity contribution >= 4 is 40.0 Å². The van der Waals surface area contributed by atoms with Crippen molar-refractivity contribution in [2.75, 3.05) is 57.7 Å². The largest absolute Gasteiger partial charge is 0.506 e. The third-order valence-corrected chi connectivity index (χ3v) is 10.2. The molecule has 10 nitrogen and oxygen atoms in total. The zero-order valence-corrected chi connectivity index (χ0v) is 27.6. The van der Waals surface area contributed by atoms with Crippen LogP contribution in [0.2, 0.25) is 0 Å². The SMILES string of the molecule is O=C1c2cnccc2-c2c1c(NCCCN1CCN(CCCN=C3N=c4c(O)cccc4=C4C3=Cc3cnccc34)CC1)nc1ccccc21. The molecule has 0 saturated carbocycles. The molecule has 0 atom stereocenters. The number of nitrogens with one attached hydrogen (secondary N) is 1. The van der Waals surface area contributed by atoms with Gasteiger partial charge in [0.1, 0.15) is 16.9 Å². The summed E-state index contributed by atoms with van der Waals surface area (Å²) in [5.41, 5.74) is 8.31. The van der Waals surface area contributed by atoms with Crippen molar-refractivity contribution in [3.8, 4) is 16.9 Å². The number of carbonyl (C=O) groups excluding carboxylic acids is 1. The third kappa shape index (κ3) is 5.28. The van der Waals surface area contributed by atoms with E-state index in [1.54, 1.807) is 24.7 Å². The average Bonchev–Trinajstić information content (AvgIpc) is 3.69. The Kier molecular flexibility index (Phi) is 7.74. The van der Waals surface area contributed by atoms with Crippen LogP contribution in [0.4, 0.5) is 5.82 Å². The topological polar surface area (TPSA) is 119 Å². The van der Waals surface area contributed by atoms with Gasteiger partial charge in [0.2, 0.25) is 0 Å². The number of hydrogen-bond donors (Lipinski definition) is 2. The van der Waals surface area contributed by atoms with Crippen molar-refractivity contribution in [2.24, 2.45) is 9.98 Å². The van der Waals surface area contributed by atoms with Gasteiger partial charge in [-0.05, 0) is 67.4 Å². The first-order valence-corrected chi connectivity index (χ1v) is 17.4. The van der Waals surface area contributed by atoms with Crippen LogP contribution >= 0.6 is 0 Å². The second-order valence-electron chi connectivity index (χ2n) is 13.2. The first kappa shape index (κ1) is 30.5. The number of aromatic hydroxyl groups is 1. The minimum Gasteiger partial charge on any atom is -0.506 e. The van der Waals surface area contributed by atoms with Crippen molar-refractivity contribution in [1.82, 2.24) is 24.8 Å². The number of phenolic OH excluding ortho intramolecular Hbond substituents is 1. The lowest BCUT2D eigenvalue weighted by atomic mass is 9.97. The van der Waals surface area contributed by atoms with Crippen LogP contribution in [0.15, 0.2) is 94.9 Å². The van der Waals surface area contributed by atoms with E-state index in [0.717, 1.165) is 108 Å². The lowest BCUT2D eigenvalue weighted by molar-refractivity contribution is 0.104. The van der Waals surface area contributed by atoms with Gasteiger partial charge in [-0.15, -0.1) is 0 Å². The predicted molar refractivity (Wildman–Crippen MR) is 195 cm³/mol. The number of anilines is 1. The van der Waals surface area contributed by atoms with Gasteiger partial charge in [-0.3, -0.25) is 19.8 Å². The Morgan fingerprint density at radius 2 is 1.60 bits per heavy atom. The summed E-state index contributed by atoms with van der Waals surface area (Å²) in [6.45, 7) is 7.50. The molecule has 2 aliphatic carbocycles. The number of fused-ring (bicyclic) bond motifs is 9. The van der Waals surface area contributed by atoms with Crippen molar-refractivity contribution < 1.29 is 9.90 Å². The number of rotatable bonds is 9. The van der Waals surface area contributed by atoms with Crippen molar-refractivity contribution in [3.05, 3.63) is 118 Å². The Morgan fingerprint density at radius 1 is 0.820 bits per heavy atom. The number of aliphatic imine (C=N–C) groups is 1. The van der Waals surface area contributed by atoms with Crippen LogP contribution in [0.3, 0.4) is 0 Å². The molecule has 5 aromatic rings. The van der Waals surface area contributed by atoms with Crippen molar-refractivity contribution in [3.63, 3.8) is 0 Å². The Labute approximate surface area is 289 Å². The Balaban J connectivity index is 0.781. The van der Waals surface area contributed by atoms with E-state index < -0.39 is 0 Å². The van der Waals surface area contributed by atoms with E-state index in [1.165, 1.54) is 0 Å². The molecular formula is C40H36N8O2. The van der Waals surface area contributed by atoms with Gasteiger partial charge in [-0.25, -0.2) is 9.98 Å². The van der Waals surface area contributed by atoms with E-state index >= 15 is 0 Å². The first-order valence-electron chi connectivity index (χ1n) is 17.4. The first-order chi connectivity index (χ1) is 24.6. The van der Waals surface area contributed by atoms with Gasteiger partial charge < -0.3 is 20.2 Å². The molecule has 248 valence electrons. The van der Waals surface area contributed by atoms with Crippen LogP contribution in [-0.4, -0.2) is 93.8 Å². The molecule has 3 aromatic heterocycles. The van der Waals surface area contributed by atoms with Gasteiger partial charge in [0.05, 0.1) is 11.1 Å². The molecule has 2 aliphatic heterocycles. The summed E-state index contributed by atoms with van der Waals surface area (Å²) in [5.74, 6) is 1.50. The minimum absolute atomic E-state index is 0.00837.